The van der Waals surface area contributed by atoms with Gasteiger partial charge in [0.25, 0.3) is 17.7 Å². The Morgan fingerprint density at radius 1 is 1.08 bits per heavy atom. The molecule has 1 aromatic carbocycles. The summed E-state index contributed by atoms with van der Waals surface area (Å²) >= 11 is 0. The maximum absolute atomic E-state index is 12.5. The average Bonchev–Trinajstić information content (AvgIpc) is 3.34. The van der Waals surface area contributed by atoms with Crippen LogP contribution < -0.4 is 4.90 Å². The van der Waals surface area contributed by atoms with E-state index in [1.54, 1.807) is 18.4 Å². The number of furan rings is 1. The number of hydrogen-bond donors (Lipinski definition) is 1. The molecule has 3 aromatic rings. The Labute approximate surface area is 144 Å². The van der Waals surface area contributed by atoms with E-state index in [1.807, 2.05) is 35.2 Å². The fourth-order valence-corrected chi connectivity index (χ4v) is 3.00. The number of piperazine rings is 1. The highest BCUT2D eigenvalue weighted by Crippen LogP contribution is 2.17. The summed E-state index contributed by atoms with van der Waals surface area (Å²) in [5, 5.41) is 8.11. The summed E-state index contributed by atoms with van der Waals surface area (Å²) in [7, 11) is 0. The van der Waals surface area contributed by atoms with Gasteiger partial charge in [0, 0.05) is 5.56 Å². The molecule has 0 aliphatic carbocycles. The SMILES string of the molecule is O=C(c1ccccc1)N1CC[NH+](Cc2nnc(-c3ccco3)o2)CC1. The second-order valence-corrected chi connectivity index (χ2v) is 6.06. The molecular formula is C18H19N4O3+. The maximum Gasteiger partial charge on any atom is 0.283 e. The van der Waals surface area contributed by atoms with Gasteiger partial charge in [0.1, 0.15) is 0 Å². The summed E-state index contributed by atoms with van der Waals surface area (Å²) in [6.07, 6.45) is 1.58. The first-order valence-electron chi connectivity index (χ1n) is 8.34. The molecule has 1 amide bonds. The van der Waals surface area contributed by atoms with Crippen molar-refractivity contribution in [3.63, 3.8) is 0 Å². The number of carbonyl (C=O) groups is 1. The van der Waals surface area contributed by atoms with Crippen LogP contribution in [-0.4, -0.2) is 47.2 Å². The van der Waals surface area contributed by atoms with Crippen LogP contribution in [0.3, 0.4) is 0 Å². The minimum Gasteiger partial charge on any atom is -0.459 e. The minimum atomic E-state index is 0.0949. The minimum absolute atomic E-state index is 0.0949. The van der Waals surface area contributed by atoms with Gasteiger partial charge in [-0.15, -0.1) is 10.2 Å². The first-order chi connectivity index (χ1) is 12.3. The van der Waals surface area contributed by atoms with Gasteiger partial charge >= 0.3 is 0 Å². The lowest BCUT2D eigenvalue weighted by Crippen LogP contribution is -3.13. The van der Waals surface area contributed by atoms with Crippen LogP contribution in [0.2, 0.25) is 0 Å². The molecule has 0 bridgehead atoms. The molecule has 4 rings (SSSR count). The van der Waals surface area contributed by atoms with E-state index >= 15 is 0 Å². The highest BCUT2D eigenvalue weighted by atomic mass is 16.4. The molecule has 1 aliphatic rings. The van der Waals surface area contributed by atoms with E-state index in [-0.39, 0.29) is 5.91 Å². The number of benzene rings is 1. The Kier molecular flexibility index (Phi) is 4.30. The molecule has 0 radical (unpaired) electrons. The van der Waals surface area contributed by atoms with E-state index in [2.05, 4.69) is 10.2 Å². The Morgan fingerprint density at radius 3 is 2.60 bits per heavy atom. The predicted octanol–water partition coefficient (Wildman–Crippen LogP) is 0.870. The van der Waals surface area contributed by atoms with E-state index in [0.717, 1.165) is 31.7 Å². The predicted molar refractivity (Wildman–Crippen MR) is 88.7 cm³/mol. The van der Waals surface area contributed by atoms with Crippen molar-refractivity contribution in [1.29, 1.82) is 0 Å². The number of amides is 1. The average molecular weight is 339 g/mol. The van der Waals surface area contributed by atoms with Gasteiger partial charge in [0.2, 0.25) is 0 Å². The van der Waals surface area contributed by atoms with Gasteiger partial charge in [-0.3, -0.25) is 4.79 Å². The summed E-state index contributed by atoms with van der Waals surface area (Å²) in [4.78, 5) is 15.7. The molecule has 7 nitrogen and oxygen atoms in total. The number of nitrogens with one attached hydrogen (secondary N) is 1. The zero-order valence-corrected chi connectivity index (χ0v) is 13.7. The Hall–Kier alpha value is -2.93. The standard InChI is InChI=1S/C18H18N4O3/c23-18(14-5-2-1-3-6-14)22-10-8-21(9-11-22)13-16-19-20-17(25-16)15-7-4-12-24-15/h1-7,12H,8-11,13H2/p+1. The highest BCUT2D eigenvalue weighted by Gasteiger charge is 2.26. The number of quaternary nitrogens is 1. The fraction of sp³-hybridized carbons (Fsp3) is 0.278. The van der Waals surface area contributed by atoms with Gasteiger partial charge in [-0.05, 0) is 24.3 Å². The molecule has 25 heavy (non-hydrogen) atoms. The van der Waals surface area contributed by atoms with Crippen LogP contribution in [0.15, 0.2) is 57.6 Å². The van der Waals surface area contributed by atoms with Crippen molar-refractivity contribution in [3.8, 4) is 11.7 Å². The van der Waals surface area contributed by atoms with Crippen molar-refractivity contribution < 1.29 is 18.5 Å². The van der Waals surface area contributed by atoms with Crippen LogP contribution in [0.4, 0.5) is 0 Å². The van der Waals surface area contributed by atoms with Crippen LogP contribution in [0, 0.1) is 0 Å². The summed E-state index contributed by atoms with van der Waals surface area (Å²) in [6, 6.07) is 13.0. The number of nitrogens with zero attached hydrogens (tertiary/aromatic N) is 3. The zero-order chi connectivity index (χ0) is 17.1. The second kappa shape index (κ2) is 6.90. The van der Waals surface area contributed by atoms with E-state index in [0.29, 0.717) is 24.1 Å². The fourth-order valence-electron chi connectivity index (χ4n) is 3.00. The summed E-state index contributed by atoms with van der Waals surface area (Å²) in [5.74, 6) is 1.66. The quantitative estimate of drug-likeness (QED) is 0.763. The molecule has 1 aliphatic heterocycles. The van der Waals surface area contributed by atoms with Gasteiger partial charge in [-0.2, -0.15) is 0 Å². The van der Waals surface area contributed by atoms with E-state index in [1.165, 1.54) is 4.90 Å². The van der Waals surface area contributed by atoms with Crippen LogP contribution in [0.5, 0.6) is 0 Å². The van der Waals surface area contributed by atoms with Crippen LogP contribution >= 0.6 is 0 Å². The summed E-state index contributed by atoms with van der Waals surface area (Å²) in [5.41, 5.74) is 0.742. The van der Waals surface area contributed by atoms with Crippen molar-refractivity contribution in [3.05, 3.63) is 60.2 Å². The second-order valence-electron chi connectivity index (χ2n) is 6.06. The lowest BCUT2D eigenvalue weighted by molar-refractivity contribution is -0.918. The van der Waals surface area contributed by atoms with Crippen LogP contribution in [0.1, 0.15) is 16.2 Å². The first-order valence-corrected chi connectivity index (χ1v) is 8.34. The van der Waals surface area contributed by atoms with Gasteiger partial charge in [0.05, 0.1) is 32.4 Å². The van der Waals surface area contributed by atoms with E-state index in [4.69, 9.17) is 8.83 Å². The first kappa shape index (κ1) is 15.6. The Morgan fingerprint density at radius 2 is 1.88 bits per heavy atom. The van der Waals surface area contributed by atoms with Crippen molar-refractivity contribution in [2.75, 3.05) is 26.2 Å². The third-order valence-corrected chi connectivity index (χ3v) is 4.38. The largest absolute Gasteiger partial charge is 0.459 e. The molecule has 2 aromatic heterocycles. The molecule has 3 heterocycles. The van der Waals surface area contributed by atoms with Crippen molar-refractivity contribution in [1.82, 2.24) is 15.1 Å². The monoisotopic (exact) mass is 339 g/mol. The van der Waals surface area contributed by atoms with Crippen LogP contribution in [0.25, 0.3) is 11.7 Å². The van der Waals surface area contributed by atoms with Gasteiger partial charge < -0.3 is 18.6 Å². The molecule has 0 spiro atoms. The Bertz CT molecular complexity index is 821. The van der Waals surface area contributed by atoms with Gasteiger partial charge in [-0.1, -0.05) is 18.2 Å². The third-order valence-electron chi connectivity index (χ3n) is 4.38. The summed E-state index contributed by atoms with van der Waals surface area (Å²) in [6.45, 7) is 3.82. The molecule has 0 unspecified atom stereocenters. The van der Waals surface area contributed by atoms with Crippen LogP contribution in [-0.2, 0) is 6.54 Å². The number of rotatable bonds is 4. The van der Waals surface area contributed by atoms with Crippen molar-refractivity contribution in [2.45, 2.75) is 6.54 Å². The molecule has 1 N–H and O–H groups in total. The number of carbonyl (C=O) groups excluding carboxylic acids is 1. The lowest BCUT2D eigenvalue weighted by atomic mass is 10.2. The normalized spacial score (nSPS) is 15.4. The van der Waals surface area contributed by atoms with E-state index in [9.17, 15) is 4.79 Å². The molecule has 1 fully saturated rings. The molecule has 7 heteroatoms. The van der Waals surface area contributed by atoms with Gasteiger partial charge in [0.15, 0.2) is 12.3 Å². The summed E-state index contributed by atoms with van der Waals surface area (Å²) < 4.78 is 10.9. The molecule has 0 atom stereocenters. The topological polar surface area (TPSA) is 76.8 Å². The Balaban J connectivity index is 1.33. The zero-order valence-electron chi connectivity index (χ0n) is 13.7. The number of aromatic nitrogens is 2. The molecule has 128 valence electrons. The van der Waals surface area contributed by atoms with Crippen molar-refractivity contribution >= 4 is 5.91 Å². The number of hydrogen-bond acceptors (Lipinski definition) is 5. The smallest absolute Gasteiger partial charge is 0.283 e. The maximum atomic E-state index is 12.5. The van der Waals surface area contributed by atoms with Gasteiger partial charge in [-0.25, -0.2) is 0 Å². The van der Waals surface area contributed by atoms with Crippen molar-refractivity contribution in [2.24, 2.45) is 0 Å². The highest BCUT2D eigenvalue weighted by molar-refractivity contribution is 5.94. The lowest BCUT2D eigenvalue weighted by Gasteiger charge is -2.31. The third kappa shape index (κ3) is 3.46. The molecule has 1 saturated heterocycles. The molecular weight excluding hydrogens is 320 g/mol. The molecule has 0 saturated carbocycles. The van der Waals surface area contributed by atoms with E-state index < -0.39 is 0 Å².